The van der Waals surface area contributed by atoms with Gasteiger partial charge in [0.05, 0.1) is 23.8 Å². The van der Waals surface area contributed by atoms with Gasteiger partial charge in [0.25, 0.3) is 0 Å². The first-order valence-electron chi connectivity index (χ1n) is 10.5. The van der Waals surface area contributed by atoms with E-state index in [1.807, 2.05) is 51.9 Å². The lowest BCUT2D eigenvalue weighted by Crippen LogP contribution is -2.28. The van der Waals surface area contributed by atoms with Crippen molar-refractivity contribution in [2.45, 2.75) is 32.2 Å². The van der Waals surface area contributed by atoms with Crippen molar-refractivity contribution in [3.63, 3.8) is 0 Å². The second-order valence-corrected chi connectivity index (χ2v) is 8.23. The van der Waals surface area contributed by atoms with Crippen molar-refractivity contribution < 1.29 is 9.32 Å². The van der Waals surface area contributed by atoms with E-state index in [2.05, 4.69) is 15.1 Å². The predicted molar refractivity (Wildman–Crippen MR) is 118 cm³/mol. The molecule has 3 heterocycles. The molecule has 1 aliphatic heterocycles. The van der Waals surface area contributed by atoms with Crippen LogP contribution in [0.25, 0.3) is 22.4 Å². The zero-order valence-electron chi connectivity index (χ0n) is 17.0. The normalized spacial score (nSPS) is 13.9. The van der Waals surface area contributed by atoms with Gasteiger partial charge in [-0.1, -0.05) is 28.9 Å². The second kappa shape index (κ2) is 8.51. The molecule has 1 saturated heterocycles. The highest BCUT2D eigenvalue weighted by Gasteiger charge is 2.18. The number of hydrogen-bond acceptors (Lipinski definition) is 5. The molecular formula is C23H22ClN5O2. The predicted octanol–water partition coefficient (Wildman–Crippen LogP) is 4.34. The minimum absolute atomic E-state index is 0.219. The summed E-state index contributed by atoms with van der Waals surface area (Å²) < 4.78 is 7.45. The van der Waals surface area contributed by atoms with E-state index in [9.17, 15) is 4.79 Å². The van der Waals surface area contributed by atoms with Gasteiger partial charge in [-0.25, -0.2) is 4.98 Å². The maximum absolute atomic E-state index is 12.3. The van der Waals surface area contributed by atoms with Crippen molar-refractivity contribution in [2.75, 3.05) is 13.1 Å². The van der Waals surface area contributed by atoms with E-state index in [0.29, 0.717) is 36.1 Å². The molecule has 0 unspecified atom stereocenters. The van der Waals surface area contributed by atoms with Gasteiger partial charge < -0.3 is 14.0 Å². The Bertz CT molecular complexity index is 1210. The average Bonchev–Trinajstić information content (AvgIpc) is 3.54. The summed E-state index contributed by atoms with van der Waals surface area (Å²) in [5.74, 6) is 1.30. The van der Waals surface area contributed by atoms with Gasteiger partial charge in [0.15, 0.2) is 0 Å². The number of rotatable bonds is 6. The Kier molecular flexibility index (Phi) is 5.42. The van der Waals surface area contributed by atoms with Crippen molar-refractivity contribution in [1.82, 2.24) is 24.6 Å². The number of aryl methyl sites for hydroxylation is 1. The summed E-state index contributed by atoms with van der Waals surface area (Å²) >= 11 is 5.94. The Balaban J connectivity index is 1.28. The van der Waals surface area contributed by atoms with Crippen LogP contribution in [0.5, 0.6) is 0 Å². The summed E-state index contributed by atoms with van der Waals surface area (Å²) in [5, 5.41) is 4.82. The number of carbonyl (C=O) groups excluding carboxylic acids is 1. The Morgan fingerprint density at radius 3 is 2.71 bits per heavy atom. The van der Waals surface area contributed by atoms with E-state index >= 15 is 0 Å². The maximum Gasteiger partial charge on any atom is 0.231 e. The van der Waals surface area contributed by atoms with Crippen LogP contribution in [0.3, 0.4) is 0 Å². The Morgan fingerprint density at radius 2 is 1.90 bits per heavy atom. The number of hydrogen-bond donors (Lipinski definition) is 0. The van der Waals surface area contributed by atoms with Crippen LogP contribution in [-0.2, 0) is 17.8 Å². The highest BCUT2D eigenvalue weighted by molar-refractivity contribution is 6.30. The van der Waals surface area contributed by atoms with E-state index in [1.54, 1.807) is 6.33 Å². The number of carbonyl (C=O) groups is 1. The van der Waals surface area contributed by atoms with Gasteiger partial charge in [0, 0.05) is 36.6 Å². The molecule has 7 nitrogen and oxygen atoms in total. The number of fused-ring (bicyclic) bond motifs is 1. The number of halogens is 1. The first-order chi connectivity index (χ1) is 15.2. The molecular weight excluding hydrogens is 414 g/mol. The molecule has 0 bridgehead atoms. The third kappa shape index (κ3) is 4.32. The largest absolute Gasteiger partial charge is 0.343 e. The highest BCUT2D eigenvalue weighted by Crippen LogP contribution is 2.23. The minimum atomic E-state index is 0.219. The SMILES string of the molecule is O=C(CCn1cnc2cc(-c3noc(Cc4ccc(Cl)cc4)n3)ccc21)N1CCCC1. The van der Waals surface area contributed by atoms with Gasteiger partial charge in [-0.3, -0.25) is 4.79 Å². The number of amides is 1. The highest BCUT2D eigenvalue weighted by atomic mass is 35.5. The zero-order chi connectivity index (χ0) is 21.2. The summed E-state index contributed by atoms with van der Waals surface area (Å²) in [6.07, 6.45) is 5.05. The smallest absolute Gasteiger partial charge is 0.231 e. The molecule has 1 amide bonds. The number of nitrogens with zero attached hydrogens (tertiary/aromatic N) is 5. The van der Waals surface area contributed by atoms with E-state index in [4.69, 9.17) is 16.1 Å². The Labute approximate surface area is 184 Å². The van der Waals surface area contributed by atoms with E-state index in [-0.39, 0.29) is 5.91 Å². The molecule has 31 heavy (non-hydrogen) atoms. The zero-order valence-corrected chi connectivity index (χ0v) is 17.8. The Hall–Kier alpha value is -3.19. The molecule has 2 aromatic carbocycles. The number of imidazole rings is 1. The van der Waals surface area contributed by atoms with Crippen LogP contribution in [0, 0.1) is 0 Å². The minimum Gasteiger partial charge on any atom is -0.343 e. The van der Waals surface area contributed by atoms with E-state index < -0.39 is 0 Å². The average molecular weight is 436 g/mol. The molecule has 0 radical (unpaired) electrons. The molecule has 0 spiro atoms. The van der Waals surface area contributed by atoms with Crippen molar-refractivity contribution in [3.8, 4) is 11.4 Å². The van der Waals surface area contributed by atoms with Gasteiger partial charge in [0.2, 0.25) is 17.6 Å². The third-order valence-corrected chi connectivity index (χ3v) is 5.89. The van der Waals surface area contributed by atoms with Gasteiger partial charge >= 0.3 is 0 Å². The molecule has 0 saturated carbocycles. The van der Waals surface area contributed by atoms with Crippen LogP contribution in [0.15, 0.2) is 53.3 Å². The summed E-state index contributed by atoms with van der Waals surface area (Å²) in [6.45, 7) is 2.40. The van der Waals surface area contributed by atoms with Crippen molar-refractivity contribution in [3.05, 3.63) is 65.3 Å². The fourth-order valence-electron chi connectivity index (χ4n) is 3.94. The van der Waals surface area contributed by atoms with Crippen LogP contribution in [0.4, 0.5) is 0 Å². The first kappa shape index (κ1) is 19.8. The van der Waals surface area contributed by atoms with Gasteiger partial charge in [-0.05, 0) is 48.7 Å². The van der Waals surface area contributed by atoms with Gasteiger partial charge in [-0.2, -0.15) is 4.98 Å². The van der Waals surface area contributed by atoms with Crippen molar-refractivity contribution in [1.29, 1.82) is 0 Å². The van der Waals surface area contributed by atoms with Gasteiger partial charge in [-0.15, -0.1) is 0 Å². The van der Waals surface area contributed by atoms with Crippen LogP contribution >= 0.6 is 11.6 Å². The molecule has 1 aliphatic rings. The van der Waals surface area contributed by atoms with E-state index in [0.717, 1.165) is 48.1 Å². The topological polar surface area (TPSA) is 77.0 Å². The summed E-state index contributed by atoms with van der Waals surface area (Å²) in [6, 6.07) is 13.5. The fourth-order valence-corrected chi connectivity index (χ4v) is 4.07. The monoisotopic (exact) mass is 435 g/mol. The van der Waals surface area contributed by atoms with Crippen LogP contribution in [0.1, 0.15) is 30.7 Å². The molecule has 5 rings (SSSR count). The van der Waals surface area contributed by atoms with Crippen molar-refractivity contribution >= 4 is 28.5 Å². The molecule has 0 N–H and O–H groups in total. The number of aromatic nitrogens is 4. The molecule has 0 atom stereocenters. The molecule has 0 aliphatic carbocycles. The molecule has 4 aromatic rings. The molecule has 8 heteroatoms. The lowest BCUT2D eigenvalue weighted by Gasteiger charge is -2.15. The second-order valence-electron chi connectivity index (χ2n) is 7.79. The number of benzene rings is 2. The first-order valence-corrected chi connectivity index (χ1v) is 10.8. The lowest BCUT2D eigenvalue weighted by atomic mass is 10.1. The summed E-state index contributed by atoms with van der Waals surface area (Å²) in [5.41, 5.74) is 3.73. The Morgan fingerprint density at radius 1 is 1.10 bits per heavy atom. The maximum atomic E-state index is 12.3. The summed E-state index contributed by atoms with van der Waals surface area (Å²) in [4.78, 5) is 23.3. The standard InChI is InChI=1S/C23H22ClN5O2/c24-18-6-3-16(4-7-18)13-21-26-23(27-31-21)17-5-8-20-19(14-17)25-15-29(20)12-9-22(30)28-10-1-2-11-28/h3-8,14-15H,1-2,9-13H2. The van der Waals surface area contributed by atoms with Crippen molar-refractivity contribution in [2.24, 2.45) is 0 Å². The molecule has 158 valence electrons. The van der Waals surface area contributed by atoms with Crippen LogP contribution < -0.4 is 0 Å². The fraction of sp³-hybridized carbons (Fsp3) is 0.304. The quantitative estimate of drug-likeness (QED) is 0.450. The molecule has 2 aromatic heterocycles. The van der Waals surface area contributed by atoms with Crippen LogP contribution in [-0.4, -0.2) is 43.6 Å². The molecule has 1 fully saturated rings. The van der Waals surface area contributed by atoms with E-state index in [1.165, 1.54) is 0 Å². The summed E-state index contributed by atoms with van der Waals surface area (Å²) in [7, 11) is 0. The number of likely N-dealkylation sites (tertiary alicyclic amines) is 1. The third-order valence-electron chi connectivity index (χ3n) is 5.64. The lowest BCUT2D eigenvalue weighted by molar-refractivity contribution is -0.130. The van der Waals surface area contributed by atoms with Crippen LogP contribution in [0.2, 0.25) is 5.02 Å². The van der Waals surface area contributed by atoms with Gasteiger partial charge in [0.1, 0.15) is 0 Å².